The number of hydrogen-bond donors (Lipinski definition) is 1. The molecule has 0 aliphatic carbocycles. The van der Waals surface area contributed by atoms with E-state index in [-0.39, 0.29) is 0 Å². The molecule has 28 heavy (non-hydrogen) atoms. The van der Waals surface area contributed by atoms with Gasteiger partial charge in [0.1, 0.15) is 16.6 Å². The first-order valence-electron chi connectivity index (χ1n) is 9.60. The lowest BCUT2D eigenvalue weighted by atomic mass is 10.1. The van der Waals surface area contributed by atoms with Gasteiger partial charge in [-0.1, -0.05) is 37.6 Å². The van der Waals surface area contributed by atoms with Crippen molar-refractivity contribution in [3.8, 4) is 17.3 Å². The zero-order valence-electron chi connectivity index (χ0n) is 16.6. The maximum absolute atomic E-state index is 9.57. The number of hydrogen-bond acceptors (Lipinski definition) is 4. The van der Waals surface area contributed by atoms with Crippen LogP contribution in [0.3, 0.4) is 0 Å². The van der Waals surface area contributed by atoms with Gasteiger partial charge in [0.05, 0.1) is 5.69 Å². The summed E-state index contributed by atoms with van der Waals surface area (Å²) in [5, 5.41) is 15.5. The van der Waals surface area contributed by atoms with Crippen LogP contribution in [0, 0.1) is 25.2 Å². The second-order valence-corrected chi connectivity index (χ2v) is 7.81. The second-order valence-electron chi connectivity index (χ2n) is 6.95. The molecule has 0 saturated carbocycles. The van der Waals surface area contributed by atoms with Gasteiger partial charge in [-0.3, -0.25) is 0 Å². The van der Waals surface area contributed by atoms with Crippen LogP contribution in [0.25, 0.3) is 16.8 Å². The van der Waals surface area contributed by atoms with E-state index >= 15 is 0 Å². The number of unbranched alkanes of at least 4 members (excludes halogenated alkanes) is 1. The van der Waals surface area contributed by atoms with Crippen LogP contribution in [-0.2, 0) is 6.42 Å². The maximum atomic E-state index is 9.57. The normalized spacial score (nSPS) is 11.3. The Kier molecular flexibility index (Phi) is 6.62. The van der Waals surface area contributed by atoms with Gasteiger partial charge in [-0.15, -0.1) is 11.3 Å². The van der Waals surface area contributed by atoms with Crippen molar-refractivity contribution in [2.24, 2.45) is 0 Å². The Hall–Kier alpha value is -2.90. The lowest BCUT2D eigenvalue weighted by Gasteiger charge is -2.04. The van der Waals surface area contributed by atoms with E-state index in [1.54, 1.807) is 6.20 Å². The third-order valence-electron chi connectivity index (χ3n) is 4.81. The van der Waals surface area contributed by atoms with E-state index < -0.39 is 0 Å². The van der Waals surface area contributed by atoms with Crippen molar-refractivity contribution in [2.45, 2.75) is 40.0 Å². The summed E-state index contributed by atoms with van der Waals surface area (Å²) in [5.41, 5.74) is 7.35. The van der Waals surface area contributed by atoms with Crippen LogP contribution < -0.4 is 5.32 Å². The molecule has 4 heteroatoms. The van der Waals surface area contributed by atoms with Crippen molar-refractivity contribution in [2.75, 3.05) is 5.32 Å². The number of aromatic nitrogens is 1. The van der Waals surface area contributed by atoms with Crippen LogP contribution in [0.5, 0.6) is 0 Å². The highest BCUT2D eigenvalue weighted by Crippen LogP contribution is 2.27. The highest BCUT2D eigenvalue weighted by atomic mass is 32.1. The largest absolute Gasteiger partial charge is 0.360 e. The summed E-state index contributed by atoms with van der Waals surface area (Å²) in [6.07, 6.45) is 5.25. The van der Waals surface area contributed by atoms with Gasteiger partial charge in [-0.2, -0.15) is 5.26 Å². The van der Waals surface area contributed by atoms with E-state index in [2.05, 4.69) is 79.6 Å². The van der Waals surface area contributed by atoms with Gasteiger partial charge < -0.3 is 5.32 Å². The summed E-state index contributed by atoms with van der Waals surface area (Å²) >= 11 is 1.49. The fourth-order valence-electron chi connectivity index (χ4n) is 2.88. The predicted octanol–water partition coefficient (Wildman–Crippen LogP) is 6.75. The molecule has 0 fully saturated rings. The molecule has 1 N–H and O–H groups in total. The first-order valence-corrected chi connectivity index (χ1v) is 10.5. The first kappa shape index (κ1) is 19.9. The lowest BCUT2D eigenvalue weighted by molar-refractivity contribution is 0.795. The molecule has 2 aromatic carbocycles. The number of nitrogens with zero attached hydrogens (tertiary/aromatic N) is 2. The van der Waals surface area contributed by atoms with Crippen molar-refractivity contribution >= 4 is 22.6 Å². The monoisotopic (exact) mass is 387 g/mol. The highest BCUT2D eigenvalue weighted by molar-refractivity contribution is 7.11. The number of benzene rings is 2. The molecule has 3 aromatic rings. The minimum atomic E-state index is 0.537. The minimum absolute atomic E-state index is 0.537. The molecule has 0 aliphatic rings. The summed E-state index contributed by atoms with van der Waals surface area (Å²) < 4.78 is 0. The lowest BCUT2D eigenvalue weighted by Crippen LogP contribution is -1.92. The van der Waals surface area contributed by atoms with E-state index in [0.29, 0.717) is 5.57 Å². The first-order chi connectivity index (χ1) is 13.6. The third kappa shape index (κ3) is 4.88. The fraction of sp³-hybridized carbons (Fsp3) is 0.250. The van der Waals surface area contributed by atoms with Gasteiger partial charge in [-0.05, 0) is 61.6 Å². The quantitative estimate of drug-likeness (QED) is 0.456. The molecular weight excluding hydrogens is 362 g/mol. The Morgan fingerprint density at radius 1 is 1.14 bits per heavy atom. The summed E-state index contributed by atoms with van der Waals surface area (Å²) in [5.74, 6) is 0. The van der Waals surface area contributed by atoms with E-state index in [9.17, 15) is 5.26 Å². The van der Waals surface area contributed by atoms with Crippen LogP contribution in [0.1, 0.15) is 41.5 Å². The number of thiazole rings is 1. The van der Waals surface area contributed by atoms with Gasteiger partial charge in [0, 0.05) is 22.8 Å². The van der Waals surface area contributed by atoms with Crippen molar-refractivity contribution in [1.82, 2.24) is 4.98 Å². The molecule has 0 bridgehead atoms. The molecule has 1 heterocycles. The molecule has 0 aliphatic heterocycles. The van der Waals surface area contributed by atoms with Crippen LogP contribution >= 0.6 is 11.3 Å². The van der Waals surface area contributed by atoms with Crippen molar-refractivity contribution < 1.29 is 0 Å². The topological polar surface area (TPSA) is 48.7 Å². The molecule has 0 saturated heterocycles. The van der Waals surface area contributed by atoms with Crippen LogP contribution in [-0.4, -0.2) is 4.98 Å². The van der Waals surface area contributed by atoms with Crippen LogP contribution in [0.2, 0.25) is 0 Å². The highest BCUT2D eigenvalue weighted by Gasteiger charge is 2.09. The summed E-state index contributed by atoms with van der Waals surface area (Å²) in [7, 11) is 0. The van der Waals surface area contributed by atoms with Crippen LogP contribution in [0.15, 0.2) is 54.0 Å². The molecule has 0 unspecified atom stereocenters. The van der Waals surface area contributed by atoms with Crippen molar-refractivity contribution in [1.29, 1.82) is 5.26 Å². The molecular formula is C24H25N3S. The smallest absolute Gasteiger partial charge is 0.136 e. The molecule has 0 spiro atoms. The van der Waals surface area contributed by atoms with E-state index in [1.165, 1.54) is 40.9 Å². The molecule has 142 valence electrons. The SMILES string of the molecule is CCCCc1ccc(NC=C(C#N)c2nc(-c3ccc(C)c(C)c3)cs2)cc1. The maximum Gasteiger partial charge on any atom is 0.136 e. The third-order valence-corrected chi connectivity index (χ3v) is 5.69. The van der Waals surface area contributed by atoms with Gasteiger partial charge in [0.2, 0.25) is 0 Å². The molecule has 3 rings (SSSR count). The molecule has 0 atom stereocenters. The Morgan fingerprint density at radius 2 is 1.93 bits per heavy atom. The predicted molar refractivity (Wildman–Crippen MR) is 119 cm³/mol. The van der Waals surface area contributed by atoms with Gasteiger partial charge in [0.25, 0.3) is 0 Å². The average molecular weight is 388 g/mol. The Bertz CT molecular complexity index is 1010. The van der Waals surface area contributed by atoms with Gasteiger partial charge in [0.15, 0.2) is 0 Å². The van der Waals surface area contributed by atoms with E-state index in [0.717, 1.165) is 28.4 Å². The fourth-order valence-corrected chi connectivity index (χ4v) is 3.67. The molecule has 0 amide bonds. The Labute approximate surface area is 171 Å². The van der Waals surface area contributed by atoms with E-state index in [4.69, 9.17) is 0 Å². The molecule has 0 radical (unpaired) electrons. The summed E-state index contributed by atoms with van der Waals surface area (Å²) in [6.45, 7) is 6.41. The molecule has 1 aromatic heterocycles. The Morgan fingerprint density at radius 3 is 2.61 bits per heavy atom. The van der Waals surface area contributed by atoms with Gasteiger partial charge in [-0.25, -0.2) is 4.98 Å². The number of rotatable bonds is 7. The van der Waals surface area contributed by atoms with Crippen molar-refractivity contribution in [3.05, 3.63) is 75.7 Å². The minimum Gasteiger partial charge on any atom is -0.360 e. The average Bonchev–Trinajstić information content (AvgIpc) is 3.20. The number of anilines is 1. The standard InChI is InChI=1S/C24H25N3S/c1-4-5-6-19-8-11-22(12-9-19)26-15-21(14-25)24-27-23(16-28-24)20-10-7-17(2)18(3)13-20/h7-13,15-16,26H,4-6H2,1-3H3. The number of nitrogens with one attached hydrogen (secondary N) is 1. The number of nitriles is 1. The number of aryl methyl sites for hydroxylation is 3. The van der Waals surface area contributed by atoms with Crippen LogP contribution in [0.4, 0.5) is 5.69 Å². The van der Waals surface area contributed by atoms with Crippen molar-refractivity contribution in [3.63, 3.8) is 0 Å². The second kappa shape index (κ2) is 9.34. The Balaban J connectivity index is 1.73. The number of allylic oxidation sites excluding steroid dienone is 1. The van der Waals surface area contributed by atoms with Gasteiger partial charge >= 0.3 is 0 Å². The van der Waals surface area contributed by atoms with E-state index in [1.807, 2.05) is 5.38 Å². The zero-order chi connectivity index (χ0) is 19.9. The zero-order valence-corrected chi connectivity index (χ0v) is 17.4. The molecule has 3 nitrogen and oxygen atoms in total. The summed E-state index contributed by atoms with van der Waals surface area (Å²) in [6, 6.07) is 17.0. The summed E-state index contributed by atoms with van der Waals surface area (Å²) in [4.78, 5) is 4.67.